The van der Waals surface area contributed by atoms with Crippen LogP contribution in [0.25, 0.3) is 0 Å². The second kappa shape index (κ2) is 9.75. The van der Waals surface area contributed by atoms with E-state index in [1.165, 1.54) is 16.7 Å². The van der Waals surface area contributed by atoms with E-state index in [9.17, 15) is 14.4 Å². The minimum Gasteiger partial charge on any atom is -0.350 e. The Morgan fingerprint density at radius 2 is 1.77 bits per heavy atom. The number of carbonyl (C=O) groups excluding carboxylic acids is 3. The molecular weight excluding hydrogens is 434 g/mol. The van der Waals surface area contributed by atoms with E-state index in [4.69, 9.17) is 11.6 Å². The maximum Gasteiger partial charge on any atom is 0.253 e. The van der Waals surface area contributed by atoms with Crippen LogP contribution in [0.1, 0.15) is 35.2 Å². The van der Waals surface area contributed by atoms with Crippen molar-refractivity contribution in [1.29, 1.82) is 0 Å². The van der Waals surface area contributed by atoms with Crippen LogP contribution < -0.4 is 10.2 Å². The molecule has 0 aliphatic carbocycles. The molecule has 4 rings (SSSR count). The molecule has 0 radical (unpaired) electrons. The SMILES string of the molecule is O=C(CN1C(=O)CSc2ccc(C(=O)N3CCCCC3)cc21)NCc1ccc(Cl)cc1. The molecule has 8 heteroatoms. The van der Waals surface area contributed by atoms with E-state index < -0.39 is 0 Å². The van der Waals surface area contributed by atoms with E-state index in [0.717, 1.165) is 42.8 Å². The van der Waals surface area contributed by atoms with Crippen molar-refractivity contribution in [1.82, 2.24) is 10.2 Å². The van der Waals surface area contributed by atoms with Gasteiger partial charge in [-0.05, 0) is 55.2 Å². The molecule has 2 aromatic carbocycles. The van der Waals surface area contributed by atoms with Crippen LogP contribution in [0.2, 0.25) is 5.02 Å². The molecular formula is C23H24ClN3O3S. The van der Waals surface area contributed by atoms with Crippen molar-refractivity contribution in [2.75, 3.05) is 30.3 Å². The van der Waals surface area contributed by atoms with Gasteiger partial charge in [-0.1, -0.05) is 23.7 Å². The van der Waals surface area contributed by atoms with Crippen LogP contribution in [0.5, 0.6) is 0 Å². The summed E-state index contributed by atoms with van der Waals surface area (Å²) in [7, 11) is 0. The van der Waals surface area contributed by atoms with Gasteiger partial charge in [0.2, 0.25) is 11.8 Å². The molecule has 0 spiro atoms. The van der Waals surface area contributed by atoms with E-state index >= 15 is 0 Å². The number of hydrogen-bond donors (Lipinski definition) is 1. The molecule has 0 aromatic heterocycles. The van der Waals surface area contributed by atoms with Crippen LogP contribution in [0, 0.1) is 0 Å². The Kier molecular flexibility index (Phi) is 6.83. The smallest absolute Gasteiger partial charge is 0.253 e. The summed E-state index contributed by atoms with van der Waals surface area (Å²) >= 11 is 7.33. The van der Waals surface area contributed by atoms with Crippen LogP contribution in [0.15, 0.2) is 47.4 Å². The quantitative estimate of drug-likeness (QED) is 0.742. The number of nitrogens with zero attached hydrogens (tertiary/aromatic N) is 2. The number of hydrogen-bond acceptors (Lipinski definition) is 4. The Labute approximate surface area is 190 Å². The first kappa shape index (κ1) is 21.7. The molecule has 0 saturated carbocycles. The lowest BCUT2D eigenvalue weighted by Crippen LogP contribution is -2.43. The van der Waals surface area contributed by atoms with Crippen LogP contribution in [0.4, 0.5) is 5.69 Å². The Hall–Kier alpha value is -2.51. The van der Waals surface area contributed by atoms with Gasteiger partial charge in [-0.2, -0.15) is 0 Å². The standard InChI is InChI=1S/C23H24ClN3O3S/c24-18-7-4-16(5-8-18)13-25-21(28)14-27-19-12-17(6-9-20(19)31-15-22(27)29)23(30)26-10-2-1-3-11-26/h4-9,12H,1-3,10-11,13-15H2,(H,25,28). The molecule has 1 fully saturated rings. The minimum absolute atomic E-state index is 0.0161. The lowest BCUT2D eigenvalue weighted by molar-refractivity contribution is -0.123. The van der Waals surface area contributed by atoms with Crippen LogP contribution >= 0.6 is 23.4 Å². The molecule has 6 nitrogen and oxygen atoms in total. The number of anilines is 1. The molecule has 2 heterocycles. The average molecular weight is 458 g/mol. The van der Waals surface area contributed by atoms with Crippen molar-refractivity contribution < 1.29 is 14.4 Å². The molecule has 2 aliphatic heterocycles. The topological polar surface area (TPSA) is 69.7 Å². The van der Waals surface area contributed by atoms with Crippen molar-refractivity contribution in [2.24, 2.45) is 0 Å². The molecule has 2 aliphatic rings. The van der Waals surface area contributed by atoms with Gasteiger partial charge >= 0.3 is 0 Å². The van der Waals surface area contributed by atoms with Gasteiger partial charge in [-0.15, -0.1) is 11.8 Å². The predicted octanol–water partition coefficient (Wildman–Crippen LogP) is 3.72. The molecule has 1 N–H and O–H groups in total. The summed E-state index contributed by atoms with van der Waals surface area (Å²) in [5.41, 5.74) is 2.11. The predicted molar refractivity (Wildman–Crippen MR) is 123 cm³/mol. The molecule has 1 saturated heterocycles. The third-order valence-corrected chi connectivity index (χ3v) is 6.80. The summed E-state index contributed by atoms with van der Waals surface area (Å²) < 4.78 is 0. The van der Waals surface area contributed by atoms with Gasteiger partial charge in [0, 0.05) is 35.1 Å². The lowest BCUT2D eigenvalue weighted by atomic mass is 10.1. The lowest BCUT2D eigenvalue weighted by Gasteiger charge is -2.30. The summed E-state index contributed by atoms with van der Waals surface area (Å²) in [6, 6.07) is 12.7. The van der Waals surface area contributed by atoms with Crippen molar-refractivity contribution in [2.45, 2.75) is 30.7 Å². The number of rotatable bonds is 5. The van der Waals surface area contributed by atoms with Crippen molar-refractivity contribution in [3.05, 3.63) is 58.6 Å². The molecule has 31 heavy (non-hydrogen) atoms. The summed E-state index contributed by atoms with van der Waals surface area (Å²) in [5, 5.41) is 3.49. The second-order valence-corrected chi connectivity index (χ2v) is 9.16. The maximum atomic E-state index is 12.9. The van der Waals surface area contributed by atoms with E-state index in [1.807, 2.05) is 29.2 Å². The normalized spacial score (nSPS) is 16.1. The molecule has 0 atom stereocenters. The van der Waals surface area contributed by atoms with Crippen LogP contribution in [-0.4, -0.2) is 48.0 Å². The van der Waals surface area contributed by atoms with Gasteiger partial charge in [0.15, 0.2) is 0 Å². The van der Waals surface area contributed by atoms with Crippen molar-refractivity contribution in [3.8, 4) is 0 Å². The Morgan fingerprint density at radius 3 is 2.52 bits per heavy atom. The number of piperidine rings is 1. The zero-order valence-electron chi connectivity index (χ0n) is 17.1. The second-order valence-electron chi connectivity index (χ2n) is 7.71. The molecule has 162 valence electrons. The summed E-state index contributed by atoms with van der Waals surface area (Å²) in [6.07, 6.45) is 3.19. The fourth-order valence-electron chi connectivity index (χ4n) is 3.79. The van der Waals surface area contributed by atoms with E-state index in [-0.39, 0.29) is 30.0 Å². The third kappa shape index (κ3) is 5.22. The van der Waals surface area contributed by atoms with Gasteiger partial charge in [0.1, 0.15) is 6.54 Å². The third-order valence-electron chi connectivity index (χ3n) is 5.50. The van der Waals surface area contributed by atoms with E-state index in [2.05, 4.69) is 5.32 Å². The molecule has 0 bridgehead atoms. The average Bonchev–Trinajstić information content (AvgIpc) is 2.80. The largest absolute Gasteiger partial charge is 0.350 e. The number of fused-ring (bicyclic) bond motifs is 1. The summed E-state index contributed by atoms with van der Waals surface area (Å²) in [5.74, 6) is -0.134. The number of nitrogens with one attached hydrogen (secondary N) is 1. The number of carbonyl (C=O) groups is 3. The first-order valence-corrected chi connectivity index (χ1v) is 11.8. The van der Waals surface area contributed by atoms with Crippen molar-refractivity contribution >= 4 is 46.8 Å². The summed E-state index contributed by atoms with van der Waals surface area (Å²) in [4.78, 5) is 42.3. The van der Waals surface area contributed by atoms with Crippen LogP contribution in [0.3, 0.4) is 0 Å². The Balaban J connectivity index is 1.47. The van der Waals surface area contributed by atoms with Gasteiger partial charge in [-0.3, -0.25) is 14.4 Å². The number of likely N-dealkylation sites (tertiary alicyclic amines) is 1. The molecule has 3 amide bonds. The number of halogens is 1. The van der Waals surface area contributed by atoms with Gasteiger partial charge in [0.25, 0.3) is 5.91 Å². The molecule has 0 unspecified atom stereocenters. The first-order valence-electron chi connectivity index (χ1n) is 10.4. The van der Waals surface area contributed by atoms with Crippen LogP contribution in [-0.2, 0) is 16.1 Å². The highest BCUT2D eigenvalue weighted by Gasteiger charge is 2.28. The number of benzene rings is 2. The number of thioether (sulfide) groups is 1. The Bertz CT molecular complexity index is 990. The highest BCUT2D eigenvalue weighted by Crippen LogP contribution is 2.36. The monoisotopic (exact) mass is 457 g/mol. The van der Waals surface area contributed by atoms with Crippen molar-refractivity contribution in [3.63, 3.8) is 0 Å². The fraction of sp³-hybridized carbons (Fsp3) is 0.348. The van der Waals surface area contributed by atoms with Gasteiger partial charge in [0.05, 0.1) is 11.4 Å². The highest BCUT2D eigenvalue weighted by atomic mass is 35.5. The summed E-state index contributed by atoms with van der Waals surface area (Å²) in [6.45, 7) is 1.80. The van der Waals surface area contributed by atoms with E-state index in [0.29, 0.717) is 22.8 Å². The first-order chi connectivity index (χ1) is 15.0. The fourth-order valence-corrected chi connectivity index (χ4v) is 4.83. The number of amides is 3. The van der Waals surface area contributed by atoms with Gasteiger partial charge in [-0.25, -0.2) is 0 Å². The van der Waals surface area contributed by atoms with E-state index in [1.54, 1.807) is 18.2 Å². The molecule has 2 aromatic rings. The Morgan fingerprint density at radius 1 is 1.03 bits per heavy atom. The highest BCUT2D eigenvalue weighted by molar-refractivity contribution is 8.00. The maximum absolute atomic E-state index is 12.9. The zero-order valence-corrected chi connectivity index (χ0v) is 18.7. The minimum atomic E-state index is -0.256. The van der Waals surface area contributed by atoms with Gasteiger partial charge < -0.3 is 15.1 Å². The zero-order chi connectivity index (χ0) is 21.8.